The topological polar surface area (TPSA) is 50.7 Å². The number of hydrogen-bond acceptors (Lipinski definition) is 4. The van der Waals surface area contributed by atoms with E-state index >= 15 is 0 Å². The summed E-state index contributed by atoms with van der Waals surface area (Å²) in [6, 6.07) is 3.98. The third-order valence-corrected chi connectivity index (χ3v) is 4.16. The molecule has 21 heavy (non-hydrogen) atoms. The van der Waals surface area contributed by atoms with Gasteiger partial charge in [0.25, 0.3) is 0 Å². The molecule has 4 nitrogen and oxygen atoms in total. The molecule has 1 saturated carbocycles. The van der Waals surface area contributed by atoms with Gasteiger partial charge < -0.3 is 19.9 Å². The van der Waals surface area contributed by atoms with Crippen LogP contribution in [-0.2, 0) is 6.54 Å². The highest BCUT2D eigenvalue weighted by atomic mass is 35.5. The van der Waals surface area contributed by atoms with Gasteiger partial charge in [-0.1, -0.05) is 24.4 Å². The van der Waals surface area contributed by atoms with Crippen LogP contribution in [0.5, 0.6) is 11.5 Å². The molecule has 0 aliphatic heterocycles. The minimum Gasteiger partial charge on any atom is -0.493 e. The molecule has 5 heteroatoms. The summed E-state index contributed by atoms with van der Waals surface area (Å²) in [4.78, 5) is 0. The zero-order valence-electron chi connectivity index (χ0n) is 12.7. The molecule has 0 radical (unpaired) electrons. The highest BCUT2D eigenvalue weighted by Crippen LogP contribution is 2.36. The molecule has 0 aromatic heterocycles. The Labute approximate surface area is 131 Å². The highest BCUT2D eigenvalue weighted by Gasteiger charge is 2.22. The molecular weight excluding hydrogens is 290 g/mol. The molecule has 1 aliphatic rings. The lowest BCUT2D eigenvalue weighted by atomic mass is 9.92. The van der Waals surface area contributed by atoms with Gasteiger partial charge >= 0.3 is 0 Å². The fourth-order valence-corrected chi connectivity index (χ4v) is 3.05. The summed E-state index contributed by atoms with van der Waals surface area (Å²) in [6.07, 6.45) is 3.93. The molecule has 2 N–H and O–H groups in total. The maximum atomic E-state index is 9.98. The number of benzene rings is 1. The standard InChI is InChI=1S/C16H24ClNO3/c1-3-21-16-12(17)8-11(9-15(16)20-2)10-18-13-6-4-5-7-14(13)19/h8-9,13-14,18-19H,3-7,10H2,1-2H3. The summed E-state index contributed by atoms with van der Waals surface area (Å²) >= 11 is 6.26. The van der Waals surface area contributed by atoms with Gasteiger partial charge in [0.1, 0.15) is 0 Å². The fraction of sp³-hybridized carbons (Fsp3) is 0.625. The van der Waals surface area contributed by atoms with E-state index in [2.05, 4.69) is 5.32 Å². The van der Waals surface area contributed by atoms with E-state index < -0.39 is 0 Å². The summed E-state index contributed by atoms with van der Waals surface area (Å²) in [5.74, 6) is 1.23. The predicted octanol–water partition coefficient (Wildman–Crippen LogP) is 3.14. The Morgan fingerprint density at radius 3 is 2.76 bits per heavy atom. The molecule has 1 aromatic rings. The van der Waals surface area contributed by atoms with Crippen LogP contribution in [0.4, 0.5) is 0 Å². The van der Waals surface area contributed by atoms with Crippen LogP contribution >= 0.6 is 11.6 Å². The quantitative estimate of drug-likeness (QED) is 0.847. The minimum atomic E-state index is -0.251. The van der Waals surface area contributed by atoms with Crippen molar-refractivity contribution in [3.8, 4) is 11.5 Å². The lowest BCUT2D eigenvalue weighted by Crippen LogP contribution is -2.41. The summed E-state index contributed by atoms with van der Waals surface area (Å²) < 4.78 is 10.9. The van der Waals surface area contributed by atoms with Crippen molar-refractivity contribution in [1.29, 1.82) is 0 Å². The van der Waals surface area contributed by atoms with Crippen molar-refractivity contribution in [1.82, 2.24) is 5.32 Å². The zero-order valence-corrected chi connectivity index (χ0v) is 13.4. The molecule has 2 rings (SSSR count). The number of aliphatic hydroxyl groups excluding tert-OH is 1. The van der Waals surface area contributed by atoms with E-state index in [4.69, 9.17) is 21.1 Å². The Kier molecular flexibility index (Phi) is 6.15. The third-order valence-electron chi connectivity index (χ3n) is 3.88. The molecule has 0 saturated heterocycles. The van der Waals surface area contributed by atoms with Gasteiger partial charge in [-0.15, -0.1) is 0 Å². The lowest BCUT2D eigenvalue weighted by molar-refractivity contribution is 0.0902. The summed E-state index contributed by atoms with van der Waals surface area (Å²) in [5, 5.41) is 13.9. The van der Waals surface area contributed by atoms with E-state index in [9.17, 15) is 5.11 Å². The lowest BCUT2D eigenvalue weighted by Gasteiger charge is -2.28. The van der Waals surface area contributed by atoms with Crippen LogP contribution < -0.4 is 14.8 Å². The maximum absolute atomic E-state index is 9.98. The number of nitrogens with one attached hydrogen (secondary N) is 1. The Bertz CT molecular complexity index is 467. The van der Waals surface area contributed by atoms with Crippen molar-refractivity contribution >= 4 is 11.6 Å². The second-order valence-electron chi connectivity index (χ2n) is 5.38. The van der Waals surface area contributed by atoms with Crippen LogP contribution in [0.2, 0.25) is 5.02 Å². The second kappa shape index (κ2) is 7.87. The van der Waals surface area contributed by atoms with Gasteiger partial charge in [0, 0.05) is 12.6 Å². The molecule has 1 aliphatic carbocycles. The van der Waals surface area contributed by atoms with Crippen LogP contribution in [0.15, 0.2) is 12.1 Å². The van der Waals surface area contributed by atoms with E-state index in [0.717, 1.165) is 24.8 Å². The third kappa shape index (κ3) is 4.25. The second-order valence-corrected chi connectivity index (χ2v) is 5.79. The minimum absolute atomic E-state index is 0.162. The molecule has 0 heterocycles. The summed E-state index contributed by atoms with van der Waals surface area (Å²) in [6.45, 7) is 3.11. The smallest absolute Gasteiger partial charge is 0.179 e. The molecule has 118 valence electrons. The highest BCUT2D eigenvalue weighted by molar-refractivity contribution is 6.32. The van der Waals surface area contributed by atoms with Gasteiger partial charge in [-0.25, -0.2) is 0 Å². The van der Waals surface area contributed by atoms with Crippen molar-refractivity contribution in [2.24, 2.45) is 0 Å². The first kappa shape index (κ1) is 16.4. The first-order valence-corrected chi connectivity index (χ1v) is 7.94. The molecule has 0 amide bonds. The Balaban J connectivity index is 2.04. The molecular formula is C16H24ClNO3. The van der Waals surface area contributed by atoms with Gasteiger partial charge in [0.2, 0.25) is 0 Å². The number of rotatable bonds is 6. The van der Waals surface area contributed by atoms with Gasteiger partial charge in [0.05, 0.1) is 24.8 Å². The average Bonchev–Trinajstić information content (AvgIpc) is 2.48. The van der Waals surface area contributed by atoms with Crippen molar-refractivity contribution in [3.05, 3.63) is 22.7 Å². The Hall–Kier alpha value is -0.970. The van der Waals surface area contributed by atoms with Crippen LogP contribution in [0.25, 0.3) is 0 Å². The largest absolute Gasteiger partial charge is 0.493 e. The van der Waals surface area contributed by atoms with Crippen LogP contribution in [0.1, 0.15) is 38.2 Å². The van der Waals surface area contributed by atoms with Gasteiger partial charge in [0.15, 0.2) is 11.5 Å². The molecule has 0 bridgehead atoms. The molecule has 0 spiro atoms. The van der Waals surface area contributed by atoms with Gasteiger partial charge in [-0.05, 0) is 37.5 Å². The normalized spacial score (nSPS) is 22.1. The van der Waals surface area contributed by atoms with Crippen LogP contribution in [0, 0.1) is 0 Å². The van der Waals surface area contributed by atoms with Crippen LogP contribution in [0.3, 0.4) is 0 Å². The molecule has 1 aromatic carbocycles. The van der Waals surface area contributed by atoms with E-state index in [1.54, 1.807) is 7.11 Å². The van der Waals surface area contributed by atoms with Crippen molar-refractivity contribution in [2.45, 2.75) is 51.3 Å². The predicted molar refractivity (Wildman–Crippen MR) is 84.3 cm³/mol. The van der Waals surface area contributed by atoms with Gasteiger partial charge in [-0.2, -0.15) is 0 Å². The van der Waals surface area contributed by atoms with E-state index in [-0.39, 0.29) is 12.1 Å². The Morgan fingerprint density at radius 1 is 1.33 bits per heavy atom. The first-order valence-electron chi connectivity index (χ1n) is 7.56. The van der Waals surface area contributed by atoms with Crippen molar-refractivity contribution in [3.63, 3.8) is 0 Å². The number of hydrogen-bond donors (Lipinski definition) is 2. The van der Waals surface area contributed by atoms with E-state index in [1.165, 1.54) is 6.42 Å². The van der Waals surface area contributed by atoms with Crippen molar-refractivity contribution < 1.29 is 14.6 Å². The first-order chi connectivity index (χ1) is 10.2. The molecule has 1 fully saturated rings. The molecule has 2 atom stereocenters. The number of aliphatic hydroxyl groups is 1. The summed E-state index contributed by atoms with van der Waals surface area (Å²) in [5.41, 5.74) is 1.03. The summed E-state index contributed by atoms with van der Waals surface area (Å²) in [7, 11) is 1.61. The van der Waals surface area contributed by atoms with E-state index in [0.29, 0.717) is 29.7 Å². The van der Waals surface area contributed by atoms with Crippen LogP contribution in [-0.4, -0.2) is 31.0 Å². The number of halogens is 1. The SMILES string of the molecule is CCOc1c(Cl)cc(CNC2CCCCC2O)cc1OC. The monoisotopic (exact) mass is 313 g/mol. The average molecular weight is 314 g/mol. The Morgan fingerprint density at radius 2 is 2.10 bits per heavy atom. The molecule has 2 unspecified atom stereocenters. The van der Waals surface area contributed by atoms with E-state index in [1.807, 2.05) is 19.1 Å². The fourth-order valence-electron chi connectivity index (χ4n) is 2.76. The van der Waals surface area contributed by atoms with Crippen molar-refractivity contribution in [2.75, 3.05) is 13.7 Å². The zero-order chi connectivity index (χ0) is 15.2. The van der Waals surface area contributed by atoms with Gasteiger partial charge in [-0.3, -0.25) is 0 Å². The number of ether oxygens (including phenoxy) is 2. The number of methoxy groups -OCH3 is 1. The maximum Gasteiger partial charge on any atom is 0.179 e.